The number of rotatable bonds is 6. The van der Waals surface area contributed by atoms with Gasteiger partial charge in [-0.2, -0.15) is 0 Å². The molecule has 0 radical (unpaired) electrons. The number of carbonyl (C=O) groups is 1. The van der Waals surface area contributed by atoms with Crippen LogP contribution >= 0.6 is 0 Å². The molecule has 0 aromatic heterocycles. The van der Waals surface area contributed by atoms with Crippen LogP contribution in [0.4, 0.5) is 0 Å². The fraction of sp³-hybridized carbons (Fsp3) is 0.875. The molecular weight excluding hydrogens is 181 g/mol. The van der Waals surface area contributed by atoms with E-state index in [9.17, 15) is 9.90 Å². The molecule has 0 rings (SSSR count). The Bertz CT molecular complexity index is 120. The predicted octanol–water partition coefficient (Wildman–Crippen LogP) is -3.14. The number of carbonyl (C=O) groups excluding carboxylic acids is 1. The second-order valence-electron chi connectivity index (χ2n) is 2.82. The van der Waals surface area contributed by atoms with E-state index < -0.39 is 5.97 Å². The number of aliphatic carboxylic acids is 1. The molecule has 0 amide bonds. The van der Waals surface area contributed by atoms with Crippen LogP contribution in [0.15, 0.2) is 0 Å². The van der Waals surface area contributed by atoms with Gasteiger partial charge in [0.25, 0.3) is 0 Å². The first-order valence-corrected chi connectivity index (χ1v) is 4.05. The van der Waals surface area contributed by atoms with Crippen LogP contribution in [0, 0.1) is 0 Å². The normalized spacial score (nSPS) is 9.58. The average molecular weight is 197 g/mol. The molecule has 12 heavy (non-hydrogen) atoms. The number of likely N-dealkylation sites (N-methyl/N-ethyl adjacent to an activating group) is 1. The Morgan fingerprint density at radius 1 is 1.42 bits per heavy atom. The van der Waals surface area contributed by atoms with Gasteiger partial charge in [0.15, 0.2) is 0 Å². The topological polar surface area (TPSA) is 43.4 Å². The molecule has 66 valence electrons. The van der Waals surface area contributed by atoms with E-state index in [0.717, 1.165) is 19.4 Å². The molecule has 0 aromatic carbocycles. The summed E-state index contributed by atoms with van der Waals surface area (Å²) in [5.41, 5.74) is 0. The van der Waals surface area contributed by atoms with Crippen molar-refractivity contribution in [1.82, 2.24) is 4.90 Å². The van der Waals surface area contributed by atoms with Crippen LogP contribution < -0.4 is 56.5 Å². The average Bonchev–Trinajstić information content (AvgIpc) is 1.86. The summed E-state index contributed by atoms with van der Waals surface area (Å²) in [4.78, 5) is 11.9. The number of hydrogen-bond acceptors (Lipinski definition) is 3. The summed E-state index contributed by atoms with van der Waals surface area (Å²) in [5, 5.41) is 10.1. The van der Waals surface area contributed by atoms with Gasteiger partial charge in [-0.15, -0.1) is 0 Å². The Morgan fingerprint density at radius 2 is 2.00 bits per heavy atom. The van der Waals surface area contributed by atoms with Crippen LogP contribution in [0.2, 0.25) is 0 Å². The van der Waals surface area contributed by atoms with Crippen LogP contribution in [0.3, 0.4) is 0 Å². The molecule has 0 aliphatic heterocycles. The summed E-state index contributed by atoms with van der Waals surface area (Å²) in [5.74, 6) is -0.996. The molecule has 4 heteroatoms. The second-order valence-corrected chi connectivity index (χ2v) is 2.82. The van der Waals surface area contributed by atoms with Gasteiger partial charge >= 0.3 is 51.4 Å². The predicted molar refractivity (Wildman–Crippen MR) is 42.0 cm³/mol. The first kappa shape index (κ1) is 15.5. The minimum Gasteiger partial charge on any atom is -0.549 e. The molecule has 0 N–H and O–H groups in total. The molecule has 0 fully saturated rings. The van der Waals surface area contributed by atoms with E-state index in [0.29, 0.717) is 0 Å². The first-order chi connectivity index (χ1) is 5.16. The van der Waals surface area contributed by atoms with Gasteiger partial charge < -0.3 is 14.8 Å². The minimum atomic E-state index is -0.996. The van der Waals surface area contributed by atoms with E-state index in [1.165, 1.54) is 6.42 Å². The van der Waals surface area contributed by atoms with Crippen molar-refractivity contribution in [3.63, 3.8) is 0 Å². The van der Waals surface area contributed by atoms with Crippen LogP contribution in [0.5, 0.6) is 0 Å². The molecule has 3 nitrogen and oxygen atoms in total. The Labute approximate surface area is 117 Å². The van der Waals surface area contributed by atoms with E-state index in [1.807, 2.05) is 0 Å². The van der Waals surface area contributed by atoms with Crippen LogP contribution in [0.1, 0.15) is 26.2 Å². The maximum absolute atomic E-state index is 10.1. The fourth-order valence-corrected chi connectivity index (χ4v) is 0.931. The Kier molecular flexibility index (Phi) is 13.1. The summed E-state index contributed by atoms with van der Waals surface area (Å²) in [7, 11) is 1.80. The van der Waals surface area contributed by atoms with E-state index in [2.05, 4.69) is 6.92 Å². The Hall–Kier alpha value is 1.07. The molecule has 0 heterocycles. The fourth-order valence-electron chi connectivity index (χ4n) is 0.931. The molecule has 0 aliphatic carbocycles. The molecular formula is C8H16KNO2. The quantitative estimate of drug-likeness (QED) is 0.334. The van der Waals surface area contributed by atoms with Crippen molar-refractivity contribution in [2.75, 3.05) is 20.1 Å². The third-order valence-electron chi connectivity index (χ3n) is 1.54. The monoisotopic (exact) mass is 197 g/mol. The summed E-state index contributed by atoms with van der Waals surface area (Å²) in [6.07, 6.45) is 3.40. The summed E-state index contributed by atoms with van der Waals surface area (Å²) in [6, 6.07) is 0. The maximum atomic E-state index is 10.1. The summed E-state index contributed by atoms with van der Waals surface area (Å²) >= 11 is 0. The first-order valence-electron chi connectivity index (χ1n) is 4.05. The minimum absolute atomic E-state index is 0. The molecule has 0 saturated heterocycles. The van der Waals surface area contributed by atoms with Crippen LogP contribution in [-0.4, -0.2) is 31.0 Å². The largest absolute Gasteiger partial charge is 1.00 e. The number of carboxylic acid groups (broad SMARTS) is 1. The zero-order valence-electron chi connectivity index (χ0n) is 8.30. The number of unbranched alkanes of at least 4 members (excludes halogenated alkanes) is 2. The summed E-state index contributed by atoms with van der Waals surface area (Å²) in [6.45, 7) is 3.02. The van der Waals surface area contributed by atoms with Gasteiger partial charge in [-0.3, -0.25) is 0 Å². The SMILES string of the molecule is CCCCCN(C)CC(=O)[O-].[K+]. The van der Waals surface area contributed by atoms with Gasteiger partial charge in [0.05, 0.1) is 5.97 Å². The smallest absolute Gasteiger partial charge is 0.549 e. The standard InChI is InChI=1S/C8H17NO2.K/c1-3-4-5-6-9(2)7-8(10)11;/h3-7H2,1-2H3,(H,10,11);/q;+1/p-1. The van der Waals surface area contributed by atoms with E-state index >= 15 is 0 Å². The summed E-state index contributed by atoms with van der Waals surface area (Å²) < 4.78 is 0. The molecule has 0 saturated carbocycles. The van der Waals surface area contributed by atoms with Gasteiger partial charge in [-0.25, -0.2) is 0 Å². The van der Waals surface area contributed by atoms with Crippen molar-refractivity contribution in [2.45, 2.75) is 26.2 Å². The van der Waals surface area contributed by atoms with E-state index in [4.69, 9.17) is 0 Å². The maximum Gasteiger partial charge on any atom is 1.00 e. The van der Waals surface area contributed by atoms with Crippen molar-refractivity contribution in [3.8, 4) is 0 Å². The van der Waals surface area contributed by atoms with Crippen LogP contribution in [-0.2, 0) is 4.79 Å². The Balaban J connectivity index is 0. The van der Waals surface area contributed by atoms with Gasteiger partial charge in [0.2, 0.25) is 0 Å². The van der Waals surface area contributed by atoms with Gasteiger partial charge in [0.1, 0.15) is 0 Å². The van der Waals surface area contributed by atoms with Crippen molar-refractivity contribution in [1.29, 1.82) is 0 Å². The molecule has 0 unspecified atom stereocenters. The number of nitrogens with zero attached hydrogens (tertiary/aromatic N) is 1. The number of hydrogen-bond donors (Lipinski definition) is 0. The van der Waals surface area contributed by atoms with Crippen LogP contribution in [0.25, 0.3) is 0 Å². The van der Waals surface area contributed by atoms with E-state index in [-0.39, 0.29) is 57.9 Å². The molecule has 0 bridgehead atoms. The molecule has 0 spiro atoms. The van der Waals surface area contributed by atoms with Crippen molar-refractivity contribution in [3.05, 3.63) is 0 Å². The van der Waals surface area contributed by atoms with Gasteiger partial charge in [-0.1, -0.05) is 19.8 Å². The second kappa shape index (κ2) is 10.1. The van der Waals surface area contributed by atoms with E-state index in [1.54, 1.807) is 11.9 Å². The molecule has 0 aromatic rings. The zero-order valence-corrected chi connectivity index (χ0v) is 11.4. The third-order valence-corrected chi connectivity index (χ3v) is 1.54. The molecule has 0 aliphatic rings. The van der Waals surface area contributed by atoms with Gasteiger partial charge in [0, 0.05) is 6.54 Å². The number of carboxylic acids is 1. The van der Waals surface area contributed by atoms with Crippen molar-refractivity contribution in [2.24, 2.45) is 0 Å². The zero-order chi connectivity index (χ0) is 8.69. The van der Waals surface area contributed by atoms with Crippen molar-refractivity contribution >= 4 is 5.97 Å². The molecule has 0 atom stereocenters. The van der Waals surface area contributed by atoms with Crippen molar-refractivity contribution < 1.29 is 61.3 Å². The third kappa shape index (κ3) is 11.1. The Morgan fingerprint density at radius 3 is 2.42 bits per heavy atom. The van der Waals surface area contributed by atoms with Gasteiger partial charge in [-0.05, 0) is 20.0 Å².